The van der Waals surface area contributed by atoms with E-state index in [0.29, 0.717) is 0 Å². The summed E-state index contributed by atoms with van der Waals surface area (Å²) in [5.74, 6) is 0. The first-order valence-corrected chi connectivity index (χ1v) is 1.82. The van der Waals surface area contributed by atoms with Crippen LogP contribution in [-0.4, -0.2) is 0 Å². The van der Waals surface area contributed by atoms with E-state index in [1.54, 1.807) is 0 Å². The van der Waals surface area contributed by atoms with Gasteiger partial charge >= 0.3 is 0 Å². The molecule has 0 atom stereocenters. The highest BCUT2D eigenvalue weighted by Gasteiger charge is 1.72. The Hall–Kier alpha value is -0.590. The standard InChI is InChI=1S/C5H6.FH/c1-2-4-5-3-1;/h1-4H,5H2;1H. The molecule has 0 bridgehead atoms. The van der Waals surface area contributed by atoms with Crippen molar-refractivity contribution in [1.29, 1.82) is 0 Å². The van der Waals surface area contributed by atoms with Crippen molar-refractivity contribution in [3.05, 3.63) is 24.3 Å². The summed E-state index contributed by atoms with van der Waals surface area (Å²) in [5, 5.41) is 0. The Morgan fingerprint density at radius 1 is 1.00 bits per heavy atom. The molecule has 34 valence electrons. The Balaban J connectivity index is 0.000000250. The Morgan fingerprint density at radius 2 is 1.50 bits per heavy atom. The van der Waals surface area contributed by atoms with Gasteiger partial charge in [-0.25, -0.2) is 0 Å². The molecular formula is C5H7F. The zero-order chi connectivity index (χ0) is 3.54. The van der Waals surface area contributed by atoms with Crippen LogP contribution in [0.3, 0.4) is 0 Å². The molecule has 1 aliphatic carbocycles. The van der Waals surface area contributed by atoms with E-state index in [-0.39, 0.29) is 4.70 Å². The minimum absolute atomic E-state index is 0. The summed E-state index contributed by atoms with van der Waals surface area (Å²) in [7, 11) is 0. The van der Waals surface area contributed by atoms with Gasteiger partial charge in [-0.3, -0.25) is 4.70 Å². The molecular weight excluding hydrogens is 79.1 g/mol. The molecule has 0 saturated heterocycles. The monoisotopic (exact) mass is 86.1 g/mol. The average molecular weight is 86.1 g/mol. The summed E-state index contributed by atoms with van der Waals surface area (Å²) >= 11 is 0. The van der Waals surface area contributed by atoms with Gasteiger partial charge in [-0.15, -0.1) is 0 Å². The highest BCUT2D eigenvalue weighted by molar-refractivity contribution is 5.11. The summed E-state index contributed by atoms with van der Waals surface area (Å²) in [5.41, 5.74) is 0. The van der Waals surface area contributed by atoms with Crippen molar-refractivity contribution in [2.45, 2.75) is 6.42 Å². The van der Waals surface area contributed by atoms with E-state index in [1.165, 1.54) is 0 Å². The van der Waals surface area contributed by atoms with Gasteiger partial charge in [-0.05, 0) is 6.42 Å². The van der Waals surface area contributed by atoms with Crippen LogP contribution in [0, 0.1) is 0 Å². The lowest BCUT2D eigenvalue weighted by atomic mass is 10.5. The second-order valence-electron chi connectivity index (χ2n) is 1.09. The molecule has 0 saturated carbocycles. The summed E-state index contributed by atoms with van der Waals surface area (Å²) < 4.78 is 0. The van der Waals surface area contributed by atoms with Crippen molar-refractivity contribution in [2.75, 3.05) is 0 Å². The molecule has 6 heavy (non-hydrogen) atoms. The number of hydrogen-bond donors (Lipinski definition) is 0. The van der Waals surface area contributed by atoms with Crippen LogP contribution < -0.4 is 0 Å². The first kappa shape index (κ1) is 5.41. The van der Waals surface area contributed by atoms with Crippen LogP contribution in [0.25, 0.3) is 0 Å². The predicted octanol–water partition coefficient (Wildman–Crippen LogP) is 1.65. The minimum atomic E-state index is 0. The molecule has 0 aromatic heterocycles. The number of rotatable bonds is 0. The summed E-state index contributed by atoms with van der Waals surface area (Å²) in [4.78, 5) is 0. The maximum absolute atomic E-state index is 2.12. The predicted molar refractivity (Wildman–Crippen MR) is 25.4 cm³/mol. The fraction of sp³-hybridized carbons (Fsp3) is 0.200. The molecule has 0 aromatic rings. The zero-order valence-electron chi connectivity index (χ0n) is 3.42. The molecule has 0 aromatic carbocycles. The lowest BCUT2D eigenvalue weighted by Crippen LogP contribution is -1.37. The molecule has 0 unspecified atom stereocenters. The average Bonchev–Trinajstić information content (AvgIpc) is 1.76. The minimum Gasteiger partial charge on any atom is -0.269 e. The van der Waals surface area contributed by atoms with Gasteiger partial charge < -0.3 is 0 Å². The van der Waals surface area contributed by atoms with Gasteiger partial charge in [0.05, 0.1) is 0 Å². The fourth-order valence-corrected chi connectivity index (χ4v) is 0.393. The normalized spacial score (nSPS) is 14.7. The van der Waals surface area contributed by atoms with Gasteiger partial charge in [-0.1, -0.05) is 24.3 Å². The molecule has 0 amide bonds. The Labute approximate surface area is 36.5 Å². The van der Waals surface area contributed by atoms with E-state index < -0.39 is 0 Å². The molecule has 1 aliphatic rings. The van der Waals surface area contributed by atoms with Crippen molar-refractivity contribution in [3.8, 4) is 0 Å². The molecule has 0 N–H and O–H groups in total. The van der Waals surface area contributed by atoms with Crippen LogP contribution in [0.4, 0.5) is 4.70 Å². The van der Waals surface area contributed by atoms with E-state index in [4.69, 9.17) is 0 Å². The second-order valence-corrected chi connectivity index (χ2v) is 1.09. The highest BCUT2D eigenvalue weighted by Crippen LogP contribution is 1.93. The van der Waals surface area contributed by atoms with Crippen molar-refractivity contribution in [3.63, 3.8) is 0 Å². The third kappa shape index (κ3) is 1.02. The van der Waals surface area contributed by atoms with E-state index in [2.05, 4.69) is 24.3 Å². The van der Waals surface area contributed by atoms with Crippen LogP contribution in [-0.2, 0) is 0 Å². The first-order valence-electron chi connectivity index (χ1n) is 1.82. The molecule has 1 heteroatoms. The van der Waals surface area contributed by atoms with Gasteiger partial charge in [0.1, 0.15) is 0 Å². The molecule has 0 fully saturated rings. The zero-order valence-corrected chi connectivity index (χ0v) is 3.42. The number of allylic oxidation sites excluding steroid dienone is 4. The van der Waals surface area contributed by atoms with E-state index in [9.17, 15) is 0 Å². The Morgan fingerprint density at radius 3 is 1.67 bits per heavy atom. The number of hydrogen-bond acceptors (Lipinski definition) is 0. The smallest absolute Gasteiger partial charge is 0.0163 e. The molecule has 0 radical (unpaired) electrons. The SMILES string of the molecule is C1=CCC=C1.F. The van der Waals surface area contributed by atoms with E-state index in [0.717, 1.165) is 6.42 Å². The third-order valence-corrected chi connectivity index (χ3v) is 0.655. The summed E-state index contributed by atoms with van der Waals surface area (Å²) in [6, 6.07) is 0. The Bertz CT molecular complexity index is 62.0. The van der Waals surface area contributed by atoms with E-state index in [1.807, 2.05) is 0 Å². The molecule has 0 aliphatic heterocycles. The quantitative estimate of drug-likeness (QED) is 0.420. The lowest BCUT2D eigenvalue weighted by Gasteiger charge is -1.57. The topological polar surface area (TPSA) is 0 Å². The maximum Gasteiger partial charge on any atom is -0.0163 e. The molecule has 0 nitrogen and oxygen atoms in total. The van der Waals surface area contributed by atoms with Gasteiger partial charge in [0.25, 0.3) is 0 Å². The summed E-state index contributed by atoms with van der Waals surface area (Å²) in [6.07, 6.45) is 9.50. The third-order valence-electron chi connectivity index (χ3n) is 0.655. The van der Waals surface area contributed by atoms with Crippen LogP contribution >= 0.6 is 0 Å². The lowest BCUT2D eigenvalue weighted by molar-refractivity contribution is 1.11. The van der Waals surface area contributed by atoms with Crippen molar-refractivity contribution >= 4 is 0 Å². The van der Waals surface area contributed by atoms with Crippen molar-refractivity contribution in [1.82, 2.24) is 0 Å². The van der Waals surface area contributed by atoms with Crippen LogP contribution in [0.5, 0.6) is 0 Å². The van der Waals surface area contributed by atoms with Crippen LogP contribution in [0.2, 0.25) is 0 Å². The van der Waals surface area contributed by atoms with Gasteiger partial charge in [-0.2, -0.15) is 0 Å². The molecule has 0 heterocycles. The first-order chi connectivity index (χ1) is 2.50. The largest absolute Gasteiger partial charge is 0.269 e. The van der Waals surface area contributed by atoms with Crippen LogP contribution in [0.1, 0.15) is 6.42 Å². The highest BCUT2D eigenvalue weighted by atomic mass is 19.0. The maximum atomic E-state index is 2.12. The molecule has 0 spiro atoms. The fourth-order valence-electron chi connectivity index (χ4n) is 0.393. The number of halogens is 1. The van der Waals surface area contributed by atoms with Crippen LogP contribution in [0.15, 0.2) is 24.3 Å². The van der Waals surface area contributed by atoms with E-state index >= 15 is 0 Å². The Kier molecular flexibility index (Phi) is 2.38. The van der Waals surface area contributed by atoms with Crippen molar-refractivity contribution < 1.29 is 4.70 Å². The molecule has 1 rings (SSSR count). The van der Waals surface area contributed by atoms with Gasteiger partial charge in [0, 0.05) is 0 Å². The second kappa shape index (κ2) is 2.64. The van der Waals surface area contributed by atoms with Crippen molar-refractivity contribution in [2.24, 2.45) is 0 Å². The van der Waals surface area contributed by atoms with Gasteiger partial charge in [0.15, 0.2) is 0 Å². The van der Waals surface area contributed by atoms with Gasteiger partial charge in [0.2, 0.25) is 0 Å². The summed E-state index contributed by atoms with van der Waals surface area (Å²) in [6.45, 7) is 0.